The number of fused-ring (bicyclic) bond motifs is 1. The predicted molar refractivity (Wildman–Crippen MR) is 169 cm³/mol. The molecule has 0 aromatic heterocycles. The minimum absolute atomic E-state index is 0.160. The van der Waals surface area contributed by atoms with Gasteiger partial charge >= 0.3 is 0 Å². The minimum atomic E-state index is -0.766. The van der Waals surface area contributed by atoms with Crippen LogP contribution in [0, 0.1) is 21.3 Å². The summed E-state index contributed by atoms with van der Waals surface area (Å²) in [5.74, 6) is 0.524. The summed E-state index contributed by atoms with van der Waals surface area (Å²) in [4.78, 5) is 40.4. The van der Waals surface area contributed by atoms with Crippen LogP contribution in [0.4, 0.5) is 0 Å². The van der Waals surface area contributed by atoms with Gasteiger partial charge in [0.1, 0.15) is 24.4 Å². The zero-order valence-corrected chi connectivity index (χ0v) is 26.4. The summed E-state index contributed by atoms with van der Waals surface area (Å²) in [6, 6.07) is 14.1. The van der Waals surface area contributed by atoms with Gasteiger partial charge in [0.05, 0.1) is 6.04 Å². The van der Waals surface area contributed by atoms with E-state index in [4.69, 9.17) is 4.74 Å². The fourth-order valence-corrected chi connectivity index (χ4v) is 5.79. The number of amides is 3. The molecule has 0 radical (unpaired) electrons. The van der Waals surface area contributed by atoms with Crippen LogP contribution in [0.1, 0.15) is 51.2 Å². The van der Waals surface area contributed by atoms with Gasteiger partial charge in [0, 0.05) is 16.7 Å². The SMILES string of the molecule is CC1CNC(=O)[C@H](CC2CC2)NC(=O)[C@@H](C(C)C)NC(=O)[C@@H](Cc2cccc(I)c2)NCCOc2ccccc2C1. The largest absolute Gasteiger partial charge is 0.492 e. The average Bonchev–Trinajstić information content (AvgIpc) is 3.76. The maximum atomic E-state index is 13.6. The molecule has 2 aromatic rings. The predicted octanol–water partition coefficient (Wildman–Crippen LogP) is 3.61. The van der Waals surface area contributed by atoms with E-state index in [0.717, 1.165) is 39.7 Å². The molecule has 3 amide bonds. The van der Waals surface area contributed by atoms with Gasteiger partial charge in [-0.2, -0.15) is 0 Å². The van der Waals surface area contributed by atoms with Gasteiger partial charge in [-0.3, -0.25) is 14.4 Å². The van der Waals surface area contributed by atoms with E-state index >= 15 is 0 Å². The number of nitrogens with one attached hydrogen (secondary N) is 4. The van der Waals surface area contributed by atoms with Gasteiger partial charge in [-0.1, -0.05) is 63.9 Å². The van der Waals surface area contributed by atoms with Crippen molar-refractivity contribution in [2.45, 2.75) is 71.0 Å². The Morgan fingerprint density at radius 2 is 1.73 bits per heavy atom. The van der Waals surface area contributed by atoms with Crippen molar-refractivity contribution >= 4 is 40.3 Å². The van der Waals surface area contributed by atoms with E-state index in [1.165, 1.54) is 0 Å². The molecular formula is C32H43IN4O4. The van der Waals surface area contributed by atoms with Crippen LogP contribution in [0.15, 0.2) is 48.5 Å². The maximum absolute atomic E-state index is 13.6. The Hall–Kier alpha value is -2.66. The number of hydrogen-bond donors (Lipinski definition) is 4. The molecular weight excluding hydrogens is 631 g/mol. The van der Waals surface area contributed by atoms with E-state index in [9.17, 15) is 14.4 Å². The summed E-state index contributed by atoms with van der Waals surface area (Å²) in [5.41, 5.74) is 2.10. The van der Waals surface area contributed by atoms with Crippen LogP contribution in [-0.4, -0.2) is 55.5 Å². The molecule has 4 atom stereocenters. The third-order valence-electron chi connectivity index (χ3n) is 7.71. The molecule has 1 aliphatic heterocycles. The molecule has 1 fully saturated rings. The van der Waals surface area contributed by atoms with Gasteiger partial charge in [0.25, 0.3) is 0 Å². The summed E-state index contributed by atoms with van der Waals surface area (Å²) >= 11 is 2.27. The molecule has 0 bridgehead atoms. The maximum Gasteiger partial charge on any atom is 0.243 e. The molecule has 0 spiro atoms. The fraction of sp³-hybridized carbons (Fsp3) is 0.531. The lowest BCUT2D eigenvalue weighted by molar-refractivity contribution is -0.133. The highest BCUT2D eigenvalue weighted by atomic mass is 127. The van der Waals surface area contributed by atoms with E-state index in [1.54, 1.807) is 0 Å². The number of carbonyl (C=O) groups is 3. The third kappa shape index (κ3) is 9.70. The van der Waals surface area contributed by atoms with Crippen LogP contribution >= 0.6 is 22.6 Å². The van der Waals surface area contributed by atoms with E-state index in [0.29, 0.717) is 38.5 Å². The molecule has 41 heavy (non-hydrogen) atoms. The third-order valence-corrected chi connectivity index (χ3v) is 8.38. The average molecular weight is 675 g/mol. The summed E-state index contributed by atoms with van der Waals surface area (Å²) in [7, 11) is 0. The zero-order valence-electron chi connectivity index (χ0n) is 24.3. The number of carbonyl (C=O) groups excluding carboxylic acids is 3. The summed E-state index contributed by atoms with van der Waals surface area (Å²) in [5, 5.41) is 12.4. The molecule has 2 aliphatic rings. The van der Waals surface area contributed by atoms with Gasteiger partial charge in [-0.05, 0) is 88.9 Å². The highest BCUT2D eigenvalue weighted by Gasteiger charge is 2.34. The second-order valence-electron chi connectivity index (χ2n) is 11.8. The van der Waals surface area contributed by atoms with Gasteiger partial charge in [0.2, 0.25) is 17.7 Å². The number of para-hydroxylation sites is 1. The summed E-state index contributed by atoms with van der Waals surface area (Å²) < 4.78 is 7.24. The van der Waals surface area contributed by atoms with Crippen LogP contribution in [0.3, 0.4) is 0 Å². The normalized spacial score (nSPS) is 25.1. The first kappa shape index (κ1) is 31.3. The Morgan fingerprint density at radius 3 is 2.46 bits per heavy atom. The van der Waals surface area contributed by atoms with E-state index in [2.05, 4.69) is 62.9 Å². The van der Waals surface area contributed by atoms with Gasteiger partial charge in [0.15, 0.2) is 0 Å². The van der Waals surface area contributed by atoms with Gasteiger partial charge in [-0.15, -0.1) is 0 Å². The lowest BCUT2D eigenvalue weighted by atomic mass is 9.99. The molecule has 0 saturated heterocycles. The zero-order chi connectivity index (χ0) is 29.4. The van der Waals surface area contributed by atoms with Crippen molar-refractivity contribution in [3.8, 4) is 5.75 Å². The van der Waals surface area contributed by atoms with Crippen LogP contribution in [0.25, 0.3) is 0 Å². The lowest BCUT2D eigenvalue weighted by Gasteiger charge is -2.28. The van der Waals surface area contributed by atoms with Crippen molar-refractivity contribution in [2.24, 2.45) is 17.8 Å². The fourth-order valence-electron chi connectivity index (χ4n) is 5.18. The summed E-state index contributed by atoms with van der Waals surface area (Å²) in [6.07, 6.45) is 3.97. The van der Waals surface area contributed by atoms with Crippen LogP contribution in [0.2, 0.25) is 0 Å². The second-order valence-corrected chi connectivity index (χ2v) is 13.1. The molecule has 4 rings (SSSR count). The first-order chi connectivity index (χ1) is 19.7. The lowest BCUT2D eigenvalue weighted by Crippen LogP contribution is -2.58. The summed E-state index contributed by atoms with van der Waals surface area (Å²) in [6.45, 7) is 7.25. The number of hydrogen-bond acceptors (Lipinski definition) is 5. The van der Waals surface area contributed by atoms with Crippen LogP contribution in [-0.2, 0) is 27.2 Å². The highest BCUT2D eigenvalue weighted by molar-refractivity contribution is 14.1. The minimum Gasteiger partial charge on any atom is -0.492 e. The van der Waals surface area contributed by atoms with Crippen LogP contribution in [0.5, 0.6) is 5.75 Å². The topological polar surface area (TPSA) is 109 Å². The van der Waals surface area contributed by atoms with Crippen molar-refractivity contribution in [3.63, 3.8) is 0 Å². The number of ether oxygens (including phenoxy) is 1. The van der Waals surface area contributed by atoms with E-state index < -0.39 is 18.1 Å². The molecule has 1 aliphatic carbocycles. The van der Waals surface area contributed by atoms with E-state index in [-0.39, 0.29) is 29.6 Å². The Morgan fingerprint density at radius 1 is 0.951 bits per heavy atom. The Bertz CT molecular complexity index is 1200. The first-order valence-corrected chi connectivity index (χ1v) is 15.8. The van der Waals surface area contributed by atoms with Gasteiger partial charge in [-0.25, -0.2) is 0 Å². The van der Waals surface area contributed by atoms with Crippen molar-refractivity contribution < 1.29 is 19.1 Å². The molecule has 8 nitrogen and oxygen atoms in total. The molecule has 1 saturated carbocycles. The van der Waals surface area contributed by atoms with Crippen molar-refractivity contribution in [2.75, 3.05) is 19.7 Å². The molecule has 4 N–H and O–H groups in total. The Kier molecular flexibility index (Phi) is 11.4. The molecule has 222 valence electrons. The molecule has 1 unspecified atom stereocenters. The number of halogens is 1. The molecule has 1 heterocycles. The monoisotopic (exact) mass is 674 g/mol. The number of rotatable bonds is 5. The van der Waals surface area contributed by atoms with E-state index in [1.807, 2.05) is 50.2 Å². The molecule has 2 aromatic carbocycles. The van der Waals surface area contributed by atoms with Crippen molar-refractivity contribution in [1.82, 2.24) is 21.3 Å². The quantitative estimate of drug-likeness (QED) is 0.363. The molecule has 9 heteroatoms. The van der Waals surface area contributed by atoms with Gasteiger partial charge < -0.3 is 26.0 Å². The second kappa shape index (κ2) is 15.0. The first-order valence-electron chi connectivity index (χ1n) is 14.8. The standard InChI is InChI=1S/C32H43IN4O4/c1-20(2)29-32(40)36-27(17-22-11-12-22)30(38)35-19-21(3)15-24-8-4-5-10-28(24)41-14-13-34-26(31(39)37-29)18-23-7-6-9-25(33)16-23/h4-10,16,20-22,26-27,29,34H,11-15,17-19H2,1-3H3,(H,35,38)(H,36,40)(H,37,39)/t21?,26-,27+,29-/m1/s1. The Labute approximate surface area is 257 Å². The van der Waals surface area contributed by atoms with Crippen molar-refractivity contribution in [3.05, 3.63) is 63.2 Å². The highest BCUT2D eigenvalue weighted by Crippen LogP contribution is 2.33. The smallest absolute Gasteiger partial charge is 0.243 e. The van der Waals surface area contributed by atoms with Crippen LogP contribution < -0.4 is 26.0 Å². The number of benzene rings is 2. The van der Waals surface area contributed by atoms with Crippen molar-refractivity contribution in [1.29, 1.82) is 0 Å². The Balaban J connectivity index is 1.58.